The number of nitrogens with one attached hydrogen (secondary N) is 2. The highest BCUT2D eigenvalue weighted by Crippen LogP contribution is 2.25. The van der Waals surface area contributed by atoms with E-state index in [9.17, 15) is 4.39 Å². The van der Waals surface area contributed by atoms with Crippen LogP contribution in [0.5, 0.6) is 0 Å². The van der Waals surface area contributed by atoms with Crippen LogP contribution in [0.2, 0.25) is 5.02 Å². The first-order chi connectivity index (χ1) is 12.0. The van der Waals surface area contributed by atoms with Crippen LogP contribution in [0.3, 0.4) is 0 Å². The predicted molar refractivity (Wildman–Crippen MR) is 98.7 cm³/mol. The lowest BCUT2D eigenvalue weighted by molar-refractivity contribution is 0.628. The fourth-order valence-corrected chi connectivity index (χ4v) is 2.40. The van der Waals surface area contributed by atoms with Crippen molar-refractivity contribution in [1.29, 1.82) is 0 Å². The maximum Gasteiger partial charge on any atom is 0.225 e. The summed E-state index contributed by atoms with van der Waals surface area (Å²) in [5, 5.41) is 6.37. The number of hydrogen-bond donors (Lipinski definition) is 2. The van der Waals surface area contributed by atoms with E-state index >= 15 is 0 Å². The van der Waals surface area contributed by atoms with Crippen molar-refractivity contribution in [3.05, 3.63) is 59.6 Å². The van der Waals surface area contributed by atoms with E-state index in [4.69, 9.17) is 11.6 Å². The molecule has 3 aromatic rings. The Morgan fingerprint density at radius 3 is 2.64 bits per heavy atom. The van der Waals surface area contributed by atoms with Crippen LogP contribution in [0.1, 0.15) is 13.8 Å². The van der Waals surface area contributed by atoms with Crippen LogP contribution in [0.25, 0.3) is 11.3 Å². The molecule has 0 radical (unpaired) electrons. The van der Waals surface area contributed by atoms with Gasteiger partial charge in [-0.1, -0.05) is 11.6 Å². The number of hydrogen-bond acceptors (Lipinski definition) is 5. The molecule has 3 rings (SSSR count). The smallest absolute Gasteiger partial charge is 0.225 e. The Morgan fingerprint density at radius 1 is 1.12 bits per heavy atom. The Hall–Kier alpha value is -2.73. The molecule has 2 N–H and O–H groups in total. The Bertz CT molecular complexity index is 871. The Balaban J connectivity index is 1.98. The number of pyridine rings is 1. The fourth-order valence-electron chi connectivity index (χ4n) is 2.22. The average molecular weight is 358 g/mol. The van der Waals surface area contributed by atoms with E-state index in [2.05, 4.69) is 25.6 Å². The lowest BCUT2D eigenvalue weighted by Crippen LogP contribution is -2.13. The molecule has 5 nitrogen and oxygen atoms in total. The van der Waals surface area contributed by atoms with Crippen molar-refractivity contribution in [1.82, 2.24) is 15.0 Å². The van der Waals surface area contributed by atoms with Gasteiger partial charge in [-0.2, -0.15) is 4.98 Å². The van der Waals surface area contributed by atoms with Gasteiger partial charge in [-0.05, 0) is 44.2 Å². The van der Waals surface area contributed by atoms with Gasteiger partial charge in [0.05, 0.1) is 10.7 Å². The Kier molecular flexibility index (Phi) is 5.09. The van der Waals surface area contributed by atoms with Gasteiger partial charge in [0.25, 0.3) is 0 Å². The average Bonchev–Trinajstić information content (AvgIpc) is 2.58. The Labute approximate surface area is 150 Å². The molecule has 2 aromatic heterocycles. The summed E-state index contributed by atoms with van der Waals surface area (Å²) in [6, 6.07) is 10.2. The molecular weight excluding hydrogens is 341 g/mol. The minimum atomic E-state index is -0.465. The summed E-state index contributed by atoms with van der Waals surface area (Å²) in [5.74, 6) is 0.597. The molecule has 0 aliphatic carbocycles. The second-order valence-electron chi connectivity index (χ2n) is 5.76. The summed E-state index contributed by atoms with van der Waals surface area (Å²) in [7, 11) is 0. The summed E-state index contributed by atoms with van der Waals surface area (Å²) < 4.78 is 13.3. The molecule has 128 valence electrons. The molecule has 0 amide bonds. The summed E-state index contributed by atoms with van der Waals surface area (Å²) in [5.41, 5.74) is 2.23. The largest absolute Gasteiger partial charge is 0.352 e. The number of anilines is 3. The van der Waals surface area contributed by atoms with Gasteiger partial charge in [0.15, 0.2) is 0 Å². The number of benzene rings is 1. The topological polar surface area (TPSA) is 62.7 Å². The number of rotatable bonds is 5. The summed E-state index contributed by atoms with van der Waals surface area (Å²) in [6.45, 7) is 4.01. The summed E-state index contributed by atoms with van der Waals surface area (Å²) in [6.07, 6.45) is 3.44. The third-order valence-electron chi connectivity index (χ3n) is 3.29. The molecule has 0 aliphatic heterocycles. The Morgan fingerprint density at radius 2 is 1.96 bits per heavy atom. The molecule has 0 spiro atoms. The molecule has 0 fully saturated rings. The van der Waals surface area contributed by atoms with E-state index in [0.29, 0.717) is 17.5 Å². The van der Waals surface area contributed by atoms with Crippen molar-refractivity contribution in [3.63, 3.8) is 0 Å². The first-order valence-electron chi connectivity index (χ1n) is 7.79. The van der Waals surface area contributed by atoms with Gasteiger partial charge in [0.1, 0.15) is 11.6 Å². The number of halogens is 2. The molecule has 0 saturated carbocycles. The number of nitrogens with zero attached hydrogens (tertiary/aromatic N) is 3. The van der Waals surface area contributed by atoms with Gasteiger partial charge in [0, 0.05) is 35.8 Å². The van der Waals surface area contributed by atoms with E-state index in [0.717, 1.165) is 11.3 Å². The molecule has 7 heteroatoms. The molecule has 0 atom stereocenters. The fraction of sp³-hybridized carbons (Fsp3) is 0.167. The molecule has 25 heavy (non-hydrogen) atoms. The van der Waals surface area contributed by atoms with E-state index in [-0.39, 0.29) is 11.1 Å². The molecule has 2 heterocycles. The van der Waals surface area contributed by atoms with Crippen LogP contribution in [0.4, 0.5) is 21.8 Å². The zero-order chi connectivity index (χ0) is 17.8. The lowest BCUT2D eigenvalue weighted by Gasteiger charge is -2.13. The van der Waals surface area contributed by atoms with E-state index < -0.39 is 5.82 Å². The van der Waals surface area contributed by atoms with Gasteiger partial charge in [0.2, 0.25) is 5.95 Å². The molecule has 0 aliphatic rings. The molecule has 1 aromatic carbocycles. The first-order valence-corrected chi connectivity index (χ1v) is 8.17. The second-order valence-corrected chi connectivity index (χ2v) is 6.16. The van der Waals surface area contributed by atoms with Crippen molar-refractivity contribution in [2.75, 3.05) is 10.6 Å². The van der Waals surface area contributed by atoms with Gasteiger partial charge >= 0.3 is 0 Å². The van der Waals surface area contributed by atoms with Crippen molar-refractivity contribution in [2.45, 2.75) is 19.9 Å². The van der Waals surface area contributed by atoms with Gasteiger partial charge in [-0.3, -0.25) is 4.98 Å². The molecule has 0 unspecified atom stereocenters. The summed E-state index contributed by atoms with van der Waals surface area (Å²) in [4.78, 5) is 13.1. The maximum absolute atomic E-state index is 13.3. The van der Waals surface area contributed by atoms with Gasteiger partial charge in [-0.15, -0.1) is 0 Å². The second kappa shape index (κ2) is 7.44. The monoisotopic (exact) mass is 357 g/mol. The number of aromatic nitrogens is 3. The van der Waals surface area contributed by atoms with Crippen molar-refractivity contribution < 1.29 is 4.39 Å². The third kappa shape index (κ3) is 4.42. The standard InChI is InChI=1S/C18H17ClFN5/c1-11(2)22-18-24-16(12-4-3-7-21-10-12)9-17(25-18)23-13-5-6-15(20)14(19)8-13/h3-11H,1-2H3,(H2,22,23,24,25). The van der Waals surface area contributed by atoms with Gasteiger partial charge in [-0.25, -0.2) is 9.37 Å². The zero-order valence-electron chi connectivity index (χ0n) is 13.8. The maximum atomic E-state index is 13.3. The molecule has 0 bridgehead atoms. The molecule has 0 saturated heterocycles. The third-order valence-corrected chi connectivity index (χ3v) is 3.58. The minimum Gasteiger partial charge on any atom is -0.352 e. The van der Waals surface area contributed by atoms with E-state index in [1.54, 1.807) is 24.5 Å². The van der Waals surface area contributed by atoms with Crippen LogP contribution in [0, 0.1) is 5.82 Å². The van der Waals surface area contributed by atoms with Crippen molar-refractivity contribution in [3.8, 4) is 11.3 Å². The predicted octanol–water partition coefficient (Wildman–Crippen LogP) is 4.90. The highest BCUT2D eigenvalue weighted by molar-refractivity contribution is 6.31. The lowest BCUT2D eigenvalue weighted by atomic mass is 10.2. The van der Waals surface area contributed by atoms with E-state index in [1.807, 2.05) is 26.0 Å². The minimum absolute atomic E-state index is 0.0482. The van der Waals surface area contributed by atoms with Crippen molar-refractivity contribution in [2.24, 2.45) is 0 Å². The van der Waals surface area contributed by atoms with Crippen LogP contribution >= 0.6 is 11.6 Å². The SMILES string of the molecule is CC(C)Nc1nc(Nc2ccc(F)c(Cl)c2)cc(-c2cccnc2)n1. The zero-order valence-corrected chi connectivity index (χ0v) is 14.5. The van der Waals surface area contributed by atoms with Crippen LogP contribution in [-0.2, 0) is 0 Å². The van der Waals surface area contributed by atoms with Crippen molar-refractivity contribution >= 4 is 29.1 Å². The van der Waals surface area contributed by atoms with Crippen LogP contribution in [0.15, 0.2) is 48.8 Å². The van der Waals surface area contributed by atoms with Crippen LogP contribution < -0.4 is 10.6 Å². The first kappa shape index (κ1) is 17.1. The highest BCUT2D eigenvalue weighted by atomic mass is 35.5. The van der Waals surface area contributed by atoms with E-state index in [1.165, 1.54) is 12.1 Å². The summed E-state index contributed by atoms with van der Waals surface area (Å²) >= 11 is 5.84. The van der Waals surface area contributed by atoms with Gasteiger partial charge < -0.3 is 10.6 Å². The van der Waals surface area contributed by atoms with Crippen LogP contribution in [-0.4, -0.2) is 21.0 Å². The molecular formula is C18H17ClFN5. The quantitative estimate of drug-likeness (QED) is 0.680. The normalized spacial score (nSPS) is 10.8. The highest BCUT2D eigenvalue weighted by Gasteiger charge is 2.09.